The first-order valence-electron chi connectivity index (χ1n) is 21.3. The molecule has 5 rings (SSSR count). The maximum absolute atomic E-state index is 13.3. The number of benzene rings is 2. The van der Waals surface area contributed by atoms with E-state index in [9.17, 15) is 48.3 Å². The molecule has 12 atom stereocenters. The molecule has 2 fully saturated rings. The molecule has 2 saturated heterocycles. The first-order chi connectivity index (χ1) is 32.1. The maximum atomic E-state index is 13.3. The van der Waals surface area contributed by atoms with Crippen molar-refractivity contribution in [2.24, 2.45) is 0 Å². The molecule has 23 nitrogen and oxygen atoms in total. The van der Waals surface area contributed by atoms with E-state index in [1.807, 2.05) is 48.5 Å². The Bertz CT molecular complexity index is 2170. The topological polar surface area (TPSA) is 299 Å². The van der Waals surface area contributed by atoms with E-state index in [1.54, 1.807) is 0 Å². The predicted octanol–water partition coefficient (Wildman–Crippen LogP) is 1.58. The molecule has 370 valence electrons. The number of carboxylic acid groups (broad SMARTS) is 1. The predicted molar refractivity (Wildman–Crippen MR) is 225 cm³/mol. The van der Waals surface area contributed by atoms with Gasteiger partial charge in [-0.05, 0) is 29.2 Å². The number of aliphatic carboxylic acids is 1. The molecular formula is C45H54N2O21. The van der Waals surface area contributed by atoms with E-state index in [4.69, 9.17) is 52.1 Å². The third kappa shape index (κ3) is 13.5. The van der Waals surface area contributed by atoms with E-state index >= 15 is 0 Å². The summed E-state index contributed by atoms with van der Waals surface area (Å²) in [5, 5.41) is 15.2. The Morgan fingerprint density at radius 1 is 0.574 bits per heavy atom. The number of ether oxygens (including phenoxy) is 11. The minimum Gasteiger partial charge on any atom is -0.480 e. The van der Waals surface area contributed by atoms with Crippen molar-refractivity contribution in [1.29, 1.82) is 0 Å². The van der Waals surface area contributed by atoms with Crippen LogP contribution < -0.4 is 10.6 Å². The van der Waals surface area contributed by atoms with Crippen molar-refractivity contribution in [1.82, 2.24) is 10.6 Å². The van der Waals surface area contributed by atoms with Gasteiger partial charge in [0.25, 0.3) is 0 Å². The fourth-order valence-electron chi connectivity index (χ4n) is 8.13. The van der Waals surface area contributed by atoms with Gasteiger partial charge in [-0.1, -0.05) is 48.5 Å². The summed E-state index contributed by atoms with van der Waals surface area (Å²) in [6.45, 7) is 7.01. The maximum Gasteiger partial charge on any atom is 0.407 e. The highest BCUT2D eigenvalue weighted by atomic mass is 16.8. The number of alkyl carbamates (subject to hydrolysis) is 1. The number of amides is 2. The third-order valence-electron chi connectivity index (χ3n) is 10.7. The molecule has 1 aliphatic carbocycles. The normalized spacial score (nSPS) is 25.9. The van der Waals surface area contributed by atoms with Crippen LogP contribution in [0.3, 0.4) is 0 Å². The molecule has 3 N–H and O–H groups in total. The van der Waals surface area contributed by atoms with Crippen LogP contribution >= 0.6 is 0 Å². The first-order valence-corrected chi connectivity index (χ1v) is 21.3. The van der Waals surface area contributed by atoms with Gasteiger partial charge in [0.1, 0.15) is 44.2 Å². The van der Waals surface area contributed by atoms with Crippen LogP contribution in [-0.2, 0) is 90.5 Å². The van der Waals surface area contributed by atoms with Crippen LogP contribution in [0.25, 0.3) is 11.1 Å². The molecule has 2 amide bonds. The molecule has 0 spiro atoms. The zero-order valence-corrected chi connectivity index (χ0v) is 38.4. The Balaban J connectivity index is 1.46. The van der Waals surface area contributed by atoms with Gasteiger partial charge in [-0.25, -0.2) is 9.59 Å². The minimum atomic E-state index is -1.91. The van der Waals surface area contributed by atoms with Gasteiger partial charge in [0.2, 0.25) is 5.91 Å². The summed E-state index contributed by atoms with van der Waals surface area (Å²) in [5.74, 6) is -8.12. The lowest BCUT2D eigenvalue weighted by molar-refractivity contribution is -0.352. The summed E-state index contributed by atoms with van der Waals surface area (Å²) in [6.07, 6.45) is -17.9. The van der Waals surface area contributed by atoms with E-state index in [1.165, 1.54) is 6.92 Å². The molecular weight excluding hydrogens is 904 g/mol. The van der Waals surface area contributed by atoms with Crippen LogP contribution in [0.2, 0.25) is 0 Å². The number of hydrogen-bond acceptors (Lipinski definition) is 20. The van der Waals surface area contributed by atoms with Crippen molar-refractivity contribution in [3.05, 3.63) is 59.7 Å². The molecule has 0 unspecified atom stereocenters. The number of rotatable bonds is 18. The minimum absolute atomic E-state index is 0.152. The summed E-state index contributed by atoms with van der Waals surface area (Å²) in [7, 11) is 0. The second kappa shape index (κ2) is 23.4. The largest absolute Gasteiger partial charge is 0.480 e. The number of fused-ring (bicyclic) bond motifs is 3. The molecule has 0 saturated carbocycles. The number of carbonyl (C=O) groups is 9. The highest BCUT2D eigenvalue weighted by Crippen LogP contribution is 2.44. The fraction of sp³-hybridized carbons (Fsp3) is 0.533. The molecule has 2 aromatic rings. The molecule has 0 bridgehead atoms. The zero-order chi connectivity index (χ0) is 50.0. The average Bonchev–Trinajstić information content (AvgIpc) is 3.57. The summed E-state index contributed by atoms with van der Waals surface area (Å²) in [4.78, 5) is 113. The van der Waals surface area contributed by atoms with Crippen molar-refractivity contribution in [3.8, 4) is 11.1 Å². The van der Waals surface area contributed by atoms with Gasteiger partial charge < -0.3 is 67.8 Å². The lowest BCUT2D eigenvalue weighted by atomic mass is 9.94. The molecule has 0 radical (unpaired) electrons. The summed E-state index contributed by atoms with van der Waals surface area (Å²) < 4.78 is 63.0. The van der Waals surface area contributed by atoms with Crippen molar-refractivity contribution in [2.45, 2.75) is 135 Å². The van der Waals surface area contributed by atoms with Gasteiger partial charge in [-0.3, -0.25) is 33.6 Å². The Labute approximate surface area is 389 Å². The Hall–Kier alpha value is -6.69. The van der Waals surface area contributed by atoms with Crippen molar-refractivity contribution >= 4 is 53.8 Å². The quantitative estimate of drug-likeness (QED) is 0.141. The second-order valence-corrected chi connectivity index (χ2v) is 15.9. The van der Waals surface area contributed by atoms with Crippen LogP contribution in [-0.4, -0.2) is 152 Å². The SMILES string of the molecule is CC(=O)N[C@@H]1[C@H](O[C@@H](C)[C@@H](NC(=O)OCC2c3ccccc3-c3ccccc32)C(=O)O)O[C@H](COC(C)=O)[C@@H](O[C@H]2O[C@@H](COC(C)=O)[C@H](OC(C)=O)[C@@H](OC(C)=O)[C@@H]2OC(C)=O)[C@@H]1OC(C)=O. The number of esters is 6. The molecule has 2 aliphatic heterocycles. The second-order valence-electron chi connectivity index (χ2n) is 15.9. The molecule has 2 aromatic carbocycles. The lowest BCUT2D eigenvalue weighted by Crippen LogP contribution is -2.69. The summed E-state index contributed by atoms with van der Waals surface area (Å²) >= 11 is 0. The smallest absolute Gasteiger partial charge is 0.407 e. The third-order valence-corrected chi connectivity index (χ3v) is 10.7. The van der Waals surface area contributed by atoms with Crippen molar-refractivity contribution in [2.75, 3.05) is 19.8 Å². The molecule has 0 aromatic heterocycles. The number of hydrogen-bond donors (Lipinski definition) is 3. The van der Waals surface area contributed by atoms with E-state index in [0.717, 1.165) is 70.7 Å². The van der Waals surface area contributed by atoms with E-state index in [2.05, 4.69) is 10.6 Å². The summed E-state index contributed by atoms with van der Waals surface area (Å²) in [6, 6.07) is 11.7. The standard InChI is InChI=1S/C45H54N2O21/c1-20(35(42(55)56)47-45(57)60-17-32-30-15-11-9-13-28(30)29-14-10-12-16-31(29)32)61-43-36(46-21(2)48)39(63-25(6)52)37(33(66-43)18-58-22(3)49)68-44-41(65-27(8)54)40(64-26(7)53)38(62-24(5)51)34(67-44)19-59-23(4)50/h9-16,20,32-41,43-44H,17-19H2,1-8H3,(H,46,48)(H,47,57)(H,55,56)/t20-,33+,34-,35+,36-,37+,38-,39+,40+,41-,43+,44+/m0/s1. The Morgan fingerprint density at radius 2 is 1.04 bits per heavy atom. The fourth-order valence-corrected chi connectivity index (χ4v) is 8.13. The van der Waals surface area contributed by atoms with E-state index in [0.29, 0.717) is 0 Å². The van der Waals surface area contributed by atoms with E-state index in [-0.39, 0.29) is 12.5 Å². The van der Waals surface area contributed by atoms with Gasteiger partial charge in [0, 0.05) is 54.4 Å². The van der Waals surface area contributed by atoms with Crippen molar-refractivity contribution in [3.63, 3.8) is 0 Å². The van der Waals surface area contributed by atoms with Crippen LogP contribution in [0.15, 0.2) is 48.5 Å². The number of nitrogens with one attached hydrogen (secondary N) is 2. The van der Waals surface area contributed by atoms with Gasteiger partial charge in [0.15, 0.2) is 43.0 Å². The van der Waals surface area contributed by atoms with Crippen LogP contribution in [0.1, 0.15) is 72.4 Å². The van der Waals surface area contributed by atoms with Gasteiger partial charge in [-0.2, -0.15) is 0 Å². The zero-order valence-electron chi connectivity index (χ0n) is 38.4. The van der Waals surface area contributed by atoms with Crippen LogP contribution in [0.5, 0.6) is 0 Å². The number of carboxylic acids is 1. The van der Waals surface area contributed by atoms with Gasteiger partial charge in [0.05, 0.1) is 6.10 Å². The molecule has 2 heterocycles. The van der Waals surface area contributed by atoms with Gasteiger partial charge >= 0.3 is 47.9 Å². The van der Waals surface area contributed by atoms with Crippen molar-refractivity contribution < 1.29 is 100 Å². The Morgan fingerprint density at radius 3 is 1.54 bits per heavy atom. The first kappa shape index (κ1) is 52.3. The average molecular weight is 959 g/mol. The summed E-state index contributed by atoms with van der Waals surface area (Å²) in [5.41, 5.74) is 3.75. The molecule has 68 heavy (non-hydrogen) atoms. The molecule has 3 aliphatic rings. The monoisotopic (exact) mass is 958 g/mol. The highest BCUT2D eigenvalue weighted by molar-refractivity contribution is 5.81. The van der Waals surface area contributed by atoms with Crippen LogP contribution in [0, 0.1) is 0 Å². The van der Waals surface area contributed by atoms with Crippen LogP contribution in [0.4, 0.5) is 4.79 Å². The highest BCUT2D eigenvalue weighted by Gasteiger charge is 2.57. The molecule has 23 heteroatoms. The van der Waals surface area contributed by atoms with E-state index < -0.39 is 140 Å². The lowest BCUT2D eigenvalue weighted by Gasteiger charge is -2.49. The van der Waals surface area contributed by atoms with Gasteiger partial charge in [-0.15, -0.1) is 0 Å². The number of carbonyl (C=O) groups excluding carboxylic acids is 8. The Kier molecular flexibility index (Phi) is 18.0.